The molecule has 122 valence electrons. The summed E-state index contributed by atoms with van der Waals surface area (Å²) in [6, 6.07) is 7.37. The van der Waals surface area contributed by atoms with E-state index in [1.165, 1.54) is 0 Å². The summed E-state index contributed by atoms with van der Waals surface area (Å²) >= 11 is 0. The normalized spacial score (nSPS) is 19.3. The molecule has 1 aromatic rings. The van der Waals surface area contributed by atoms with Crippen molar-refractivity contribution in [2.24, 2.45) is 10.9 Å². The Kier molecular flexibility index (Phi) is 5.22. The van der Waals surface area contributed by atoms with Gasteiger partial charge in [-0.2, -0.15) is 5.26 Å². The van der Waals surface area contributed by atoms with Gasteiger partial charge >= 0.3 is 0 Å². The number of anilines is 1. The zero-order valence-electron chi connectivity index (χ0n) is 14.1. The number of hydrogen-bond acceptors (Lipinski definition) is 3. The maximum Gasteiger partial charge on any atom is 0.247 e. The number of aliphatic imine (C=N–C) groups is 1. The third-order valence-electron chi connectivity index (χ3n) is 4.21. The molecule has 0 saturated heterocycles. The minimum atomic E-state index is -0.373. The quantitative estimate of drug-likeness (QED) is 0.516. The molecular formula is C17H23N5O. The number of carbonyl (C=O) groups is 1. The molecule has 1 aliphatic rings. The number of para-hydroxylation sites is 1. The van der Waals surface area contributed by atoms with Gasteiger partial charge in [-0.1, -0.05) is 38.5 Å². The van der Waals surface area contributed by atoms with Crippen LogP contribution in [0, 0.1) is 17.4 Å². The number of benzene rings is 1. The van der Waals surface area contributed by atoms with Gasteiger partial charge in [-0.25, -0.2) is 0 Å². The molecule has 0 aromatic heterocycles. The van der Waals surface area contributed by atoms with Crippen LogP contribution in [0.3, 0.4) is 0 Å². The number of rotatable bonds is 2. The second-order valence-corrected chi connectivity index (χ2v) is 6.01. The van der Waals surface area contributed by atoms with Crippen LogP contribution in [0.5, 0.6) is 0 Å². The lowest BCUT2D eigenvalue weighted by molar-refractivity contribution is -0.121. The first-order chi connectivity index (χ1) is 11.0. The SMILES string of the molecule is CC[C@H](C)[C@H]1C(=O)Nc2ccccc2CN1C(=NC#N)N(C)C. The van der Waals surface area contributed by atoms with Gasteiger partial charge in [0.15, 0.2) is 0 Å². The third kappa shape index (κ3) is 3.45. The van der Waals surface area contributed by atoms with Crippen molar-refractivity contribution in [2.75, 3.05) is 19.4 Å². The number of guanidine groups is 1. The molecule has 6 nitrogen and oxygen atoms in total. The molecule has 6 heteroatoms. The van der Waals surface area contributed by atoms with Gasteiger partial charge in [-0.15, -0.1) is 4.99 Å². The minimum absolute atomic E-state index is 0.0585. The van der Waals surface area contributed by atoms with Gasteiger partial charge in [-0.3, -0.25) is 4.79 Å². The van der Waals surface area contributed by atoms with E-state index >= 15 is 0 Å². The van der Waals surface area contributed by atoms with Gasteiger partial charge < -0.3 is 15.1 Å². The molecular weight excluding hydrogens is 290 g/mol. The van der Waals surface area contributed by atoms with Crippen LogP contribution in [0.25, 0.3) is 0 Å². The summed E-state index contributed by atoms with van der Waals surface area (Å²) in [4.78, 5) is 20.5. The minimum Gasteiger partial charge on any atom is -0.348 e. The Morgan fingerprint density at radius 2 is 2.22 bits per heavy atom. The largest absolute Gasteiger partial charge is 0.348 e. The predicted molar refractivity (Wildman–Crippen MR) is 90.6 cm³/mol. The van der Waals surface area contributed by atoms with Crippen molar-refractivity contribution >= 4 is 17.6 Å². The second kappa shape index (κ2) is 7.14. The molecule has 2 rings (SSSR count). The number of fused-ring (bicyclic) bond motifs is 1. The van der Waals surface area contributed by atoms with Crippen LogP contribution in [-0.2, 0) is 11.3 Å². The maximum absolute atomic E-state index is 12.8. The molecule has 0 spiro atoms. The molecule has 1 amide bonds. The Bertz CT molecular complexity index is 647. The number of nitriles is 1. The highest BCUT2D eigenvalue weighted by Crippen LogP contribution is 2.27. The van der Waals surface area contributed by atoms with Crippen molar-refractivity contribution < 1.29 is 4.79 Å². The lowest BCUT2D eigenvalue weighted by atomic mass is 9.97. The summed E-state index contributed by atoms with van der Waals surface area (Å²) in [7, 11) is 3.66. The van der Waals surface area contributed by atoms with Crippen molar-refractivity contribution in [1.82, 2.24) is 9.80 Å². The van der Waals surface area contributed by atoms with Gasteiger partial charge in [0.25, 0.3) is 0 Å². The molecule has 1 aromatic carbocycles. The molecule has 23 heavy (non-hydrogen) atoms. The van der Waals surface area contributed by atoms with Crippen molar-refractivity contribution in [1.29, 1.82) is 5.26 Å². The summed E-state index contributed by atoms with van der Waals surface area (Å²) in [6.45, 7) is 4.64. The average Bonchev–Trinajstić information content (AvgIpc) is 2.67. The molecule has 1 aliphatic heterocycles. The summed E-state index contributed by atoms with van der Waals surface area (Å²) in [5, 5.41) is 12.1. The topological polar surface area (TPSA) is 71.7 Å². The molecule has 0 unspecified atom stereocenters. The van der Waals surface area contributed by atoms with Crippen LogP contribution >= 0.6 is 0 Å². The zero-order chi connectivity index (χ0) is 17.0. The van der Waals surface area contributed by atoms with Crippen LogP contribution in [0.4, 0.5) is 5.69 Å². The summed E-state index contributed by atoms with van der Waals surface area (Å²) in [5.41, 5.74) is 1.84. The fourth-order valence-corrected chi connectivity index (χ4v) is 2.86. The van der Waals surface area contributed by atoms with Crippen molar-refractivity contribution in [3.8, 4) is 6.19 Å². The first kappa shape index (κ1) is 16.8. The number of nitrogens with zero attached hydrogens (tertiary/aromatic N) is 4. The highest BCUT2D eigenvalue weighted by Gasteiger charge is 2.36. The highest BCUT2D eigenvalue weighted by atomic mass is 16.2. The van der Waals surface area contributed by atoms with Crippen LogP contribution in [0.1, 0.15) is 25.8 Å². The Labute approximate surface area is 137 Å². The van der Waals surface area contributed by atoms with Crippen LogP contribution in [0.15, 0.2) is 29.3 Å². The van der Waals surface area contributed by atoms with E-state index in [0.29, 0.717) is 12.5 Å². The monoisotopic (exact) mass is 313 g/mol. The fourth-order valence-electron chi connectivity index (χ4n) is 2.86. The first-order valence-corrected chi connectivity index (χ1v) is 7.79. The van der Waals surface area contributed by atoms with E-state index in [1.807, 2.05) is 56.4 Å². The Balaban J connectivity index is 2.54. The Morgan fingerprint density at radius 1 is 1.52 bits per heavy atom. The summed E-state index contributed by atoms with van der Waals surface area (Å²) in [6.07, 6.45) is 2.72. The van der Waals surface area contributed by atoms with Crippen LogP contribution in [-0.4, -0.2) is 41.8 Å². The third-order valence-corrected chi connectivity index (χ3v) is 4.21. The fraction of sp³-hybridized carbons (Fsp3) is 0.471. The standard InChI is InChI=1S/C17H23N5O/c1-5-12(2)15-16(23)20-14-9-7-6-8-13(14)10-22(15)17(19-11-18)21(3)4/h6-9,12,15H,5,10H2,1-4H3,(H,20,23)/t12-,15-/m0/s1. The molecule has 0 fully saturated rings. The number of hydrogen-bond donors (Lipinski definition) is 1. The van der Waals surface area contributed by atoms with E-state index < -0.39 is 0 Å². The Morgan fingerprint density at radius 3 is 2.83 bits per heavy atom. The smallest absolute Gasteiger partial charge is 0.247 e. The van der Waals surface area contributed by atoms with Crippen molar-refractivity contribution in [3.05, 3.63) is 29.8 Å². The van der Waals surface area contributed by atoms with E-state index in [2.05, 4.69) is 17.2 Å². The number of nitrogens with one attached hydrogen (secondary N) is 1. The van der Waals surface area contributed by atoms with Crippen molar-refractivity contribution in [2.45, 2.75) is 32.9 Å². The molecule has 2 atom stereocenters. The van der Waals surface area contributed by atoms with E-state index in [0.717, 1.165) is 17.7 Å². The van der Waals surface area contributed by atoms with Gasteiger partial charge in [0.1, 0.15) is 6.04 Å². The Hall–Kier alpha value is -2.55. The predicted octanol–water partition coefficient (Wildman–Crippen LogP) is 2.25. The van der Waals surface area contributed by atoms with E-state index in [1.54, 1.807) is 4.90 Å². The van der Waals surface area contributed by atoms with Gasteiger partial charge in [-0.05, 0) is 17.5 Å². The van der Waals surface area contributed by atoms with Gasteiger partial charge in [0, 0.05) is 26.3 Å². The van der Waals surface area contributed by atoms with Crippen molar-refractivity contribution in [3.63, 3.8) is 0 Å². The molecule has 0 saturated carbocycles. The second-order valence-electron chi connectivity index (χ2n) is 6.01. The summed E-state index contributed by atoms with van der Waals surface area (Å²) in [5.74, 6) is 0.578. The molecule has 1 N–H and O–H groups in total. The zero-order valence-corrected chi connectivity index (χ0v) is 14.1. The molecule has 0 aliphatic carbocycles. The maximum atomic E-state index is 12.8. The van der Waals surface area contributed by atoms with Gasteiger partial charge in [0.2, 0.25) is 18.1 Å². The molecule has 1 heterocycles. The molecule has 0 radical (unpaired) electrons. The number of amides is 1. The summed E-state index contributed by atoms with van der Waals surface area (Å²) < 4.78 is 0. The van der Waals surface area contributed by atoms with E-state index in [9.17, 15) is 4.79 Å². The average molecular weight is 313 g/mol. The van der Waals surface area contributed by atoms with Gasteiger partial charge in [0.05, 0.1) is 0 Å². The first-order valence-electron chi connectivity index (χ1n) is 7.79. The van der Waals surface area contributed by atoms with E-state index in [4.69, 9.17) is 5.26 Å². The highest BCUT2D eigenvalue weighted by molar-refractivity contribution is 5.99. The number of carbonyl (C=O) groups excluding carboxylic acids is 1. The van der Waals surface area contributed by atoms with Crippen LogP contribution in [0.2, 0.25) is 0 Å². The van der Waals surface area contributed by atoms with Crippen LogP contribution < -0.4 is 5.32 Å². The van der Waals surface area contributed by atoms with E-state index in [-0.39, 0.29) is 17.9 Å². The lowest BCUT2D eigenvalue weighted by Crippen LogP contribution is -2.52. The lowest BCUT2D eigenvalue weighted by Gasteiger charge is -2.36. The molecule has 0 bridgehead atoms.